The van der Waals surface area contributed by atoms with Crippen LogP contribution in [-0.2, 0) is 11.3 Å². The van der Waals surface area contributed by atoms with Gasteiger partial charge in [0.05, 0.1) is 17.3 Å². The molecular weight excluding hydrogens is 459 g/mol. The number of benzene rings is 2. The lowest BCUT2D eigenvalue weighted by Gasteiger charge is -2.09. The third kappa shape index (κ3) is 5.62. The second kappa shape index (κ2) is 9.83. The van der Waals surface area contributed by atoms with E-state index in [0.717, 1.165) is 11.3 Å². The zero-order chi connectivity index (χ0) is 19.8. The predicted molar refractivity (Wildman–Crippen MR) is 110 cm³/mol. The number of methoxy groups -OCH3 is 1. The molecule has 0 fully saturated rings. The number of aromatic hydroxyl groups is 1. The fourth-order valence-electron chi connectivity index (χ4n) is 2.28. The number of halogens is 1. The third-order valence-electron chi connectivity index (χ3n) is 3.64. The summed E-state index contributed by atoms with van der Waals surface area (Å²) in [5.74, 6) is 0.604. The van der Waals surface area contributed by atoms with E-state index in [-0.39, 0.29) is 11.3 Å². The van der Waals surface area contributed by atoms with Crippen LogP contribution < -0.4 is 14.8 Å². The largest absolute Gasteiger partial charge is 0.504 e. The highest BCUT2D eigenvalue weighted by Gasteiger charge is 2.12. The molecule has 27 heavy (non-hydrogen) atoms. The van der Waals surface area contributed by atoms with Crippen LogP contribution in [0.2, 0.25) is 0 Å². The second-order valence-corrected chi connectivity index (χ2v) is 6.65. The Bertz CT molecular complexity index is 886. The van der Waals surface area contributed by atoms with E-state index in [1.54, 1.807) is 31.4 Å². The number of rotatable bonds is 7. The van der Waals surface area contributed by atoms with E-state index >= 15 is 0 Å². The summed E-state index contributed by atoms with van der Waals surface area (Å²) in [5, 5.41) is 22.1. The Kier molecular flexibility index (Phi) is 7.49. The maximum Gasteiger partial charge on any atom is 0.262 e. The molecule has 0 aliphatic heterocycles. The smallest absolute Gasteiger partial charge is 0.262 e. The van der Waals surface area contributed by atoms with Crippen molar-refractivity contribution >= 4 is 34.6 Å². The Balaban J connectivity index is 2.15. The monoisotopic (exact) mass is 478 g/mol. The van der Waals surface area contributed by atoms with Crippen molar-refractivity contribution in [1.29, 1.82) is 5.26 Å². The highest BCUT2D eigenvalue weighted by atomic mass is 127. The second-order valence-electron chi connectivity index (χ2n) is 5.48. The van der Waals surface area contributed by atoms with Crippen LogP contribution in [0.4, 0.5) is 0 Å². The average Bonchev–Trinajstić information content (AvgIpc) is 2.68. The van der Waals surface area contributed by atoms with Crippen LogP contribution in [0.25, 0.3) is 6.08 Å². The van der Waals surface area contributed by atoms with E-state index in [9.17, 15) is 15.2 Å². The van der Waals surface area contributed by atoms with E-state index < -0.39 is 5.91 Å². The lowest BCUT2D eigenvalue weighted by Crippen LogP contribution is -2.23. The van der Waals surface area contributed by atoms with Gasteiger partial charge in [-0.15, -0.1) is 0 Å². The van der Waals surface area contributed by atoms with Crippen molar-refractivity contribution in [3.63, 3.8) is 0 Å². The van der Waals surface area contributed by atoms with Crippen LogP contribution in [-0.4, -0.2) is 24.7 Å². The van der Waals surface area contributed by atoms with Gasteiger partial charge in [-0.05, 0) is 71.0 Å². The summed E-state index contributed by atoms with van der Waals surface area (Å²) in [6.45, 7) is 2.49. The molecule has 0 saturated heterocycles. The van der Waals surface area contributed by atoms with Crippen molar-refractivity contribution in [2.75, 3.05) is 13.7 Å². The minimum atomic E-state index is -0.477. The molecular formula is C20H19IN2O4. The number of carbonyl (C=O) groups is 1. The molecule has 0 aromatic heterocycles. The molecule has 0 saturated carbocycles. The van der Waals surface area contributed by atoms with Gasteiger partial charge in [-0.1, -0.05) is 12.1 Å². The number of amides is 1. The molecule has 2 aromatic carbocycles. The highest BCUT2D eigenvalue weighted by molar-refractivity contribution is 14.1. The van der Waals surface area contributed by atoms with Crippen LogP contribution in [0.15, 0.2) is 42.0 Å². The molecule has 0 heterocycles. The van der Waals surface area contributed by atoms with Crippen LogP contribution in [0.3, 0.4) is 0 Å². The first-order chi connectivity index (χ1) is 13.0. The van der Waals surface area contributed by atoms with Gasteiger partial charge in [0, 0.05) is 6.54 Å². The number of nitrogens with one attached hydrogen (secondary N) is 1. The molecule has 2 aromatic rings. The lowest BCUT2D eigenvalue weighted by atomic mass is 10.1. The fourth-order valence-corrected chi connectivity index (χ4v) is 2.90. The first-order valence-corrected chi connectivity index (χ1v) is 9.24. The van der Waals surface area contributed by atoms with Gasteiger partial charge < -0.3 is 19.9 Å². The summed E-state index contributed by atoms with van der Waals surface area (Å²) in [5.41, 5.74) is 1.45. The Labute approximate surface area is 171 Å². The van der Waals surface area contributed by atoms with Crippen molar-refractivity contribution in [2.24, 2.45) is 0 Å². The maximum absolute atomic E-state index is 12.3. The molecule has 6 nitrogen and oxygen atoms in total. The number of carbonyl (C=O) groups excluding carboxylic acids is 1. The van der Waals surface area contributed by atoms with Gasteiger partial charge in [-0.3, -0.25) is 4.79 Å². The summed E-state index contributed by atoms with van der Waals surface area (Å²) < 4.78 is 11.0. The van der Waals surface area contributed by atoms with Crippen LogP contribution >= 0.6 is 22.6 Å². The molecule has 0 atom stereocenters. The summed E-state index contributed by atoms with van der Waals surface area (Å²) in [4.78, 5) is 12.3. The molecule has 0 aliphatic rings. The van der Waals surface area contributed by atoms with Crippen molar-refractivity contribution in [3.05, 3.63) is 56.7 Å². The van der Waals surface area contributed by atoms with Crippen LogP contribution in [0, 0.1) is 14.9 Å². The number of ether oxygens (including phenoxy) is 2. The standard InChI is InChI=1S/C20H19IN2O4/c1-3-27-18-10-14(9-17(21)19(18)24)8-15(11-22)20(25)23-12-13-4-6-16(26-2)7-5-13/h4-10,24H,3,12H2,1-2H3,(H,23,25)/b15-8-. The quantitative estimate of drug-likeness (QED) is 0.361. The molecule has 0 bridgehead atoms. The minimum absolute atomic E-state index is 0.0348. The van der Waals surface area contributed by atoms with Crippen molar-refractivity contribution in [2.45, 2.75) is 13.5 Å². The average molecular weight is 478 g/mol. The third-order valence-corrected chi connectivity index (χ3v) is 4.46. The SMILES string of the molecule is CCOc1cc(/C=C(/C#N)C(=O)NCc2ccc(OC)cc2)cc(I)c1O. The zero-order valence-electron chi connectivity index (χ0n) is 15.0. The summed E-state index contributed by atoms with van der Waals surface area (Å²) in [6.07, 6.45) is 1.47. The van der Waals surface area contributed by atoms with Gasteiger partial charge in [0.1, 0.15) is 17.4 Å². The maximum atomic E-state index is 12.3. The van der Waals surface area contributed by atoms with E-state index in [0.29, 0.717) is 28.0 Å². The zero-order valence-corrected chi connectivity index (χ0v) is 17.1. The fraction of sp³-hybridized carbons (Fsp3) is 0.200. The van der Waals surface area contributed by atoms with E-state index in [2.05, 4.69) is 5.32 Å². The Morgan fingerprint density at radius 2 is 2.04 bits per heavy atom. The molecule has 0 aliphatic carbocycles. The number of phenols is 1. The molecule has 2 N–H and O–H groups in total. The molecule has 0 radical (unpaired) electrons. The first-order valence-electron chi connectivity index (χ1n) is 8.16. The van der Waals surface area contributed by atoms with Gasteiger partial charge in [0.25, 0.3) is 5.91 Å². The molecule has 0 unspecified atom stereocenters. The van der Waals surface area contributed by atoms with Gasteiger partial charge in [0.15, 0.2) is 11.5 Å². The molecule has 0 spiro atoms. The van der Waals surface area contributed by atoms with Gasteiger partial charge in [-0.2, -0.15) is 5.26 Å². The van der Waals surface area contributed by atoms with Crippen molar-refractivity contribution in [3.8, 4) is 23.3 Å². The van der Waals surface area contributed by atoms with Gasteiger partial charge >= 0.3 is 0 Å². The highest BCUT2D eigenvalue weighted by Crippen LogP contribution is 2.33. The molecule has 1 amide bonds. The number of nitrogens with zero attached hydrogens (tertiary/aromatic N) is 1. The number of phenolic OH excluding ortho intramolecular Hbond substituents is 1. The van der Waals surface area contributed by atoms with E-state index in [4.69, 9.17) is 9.47 Å². The lowest BCUT2D eigenvalue weighted by molar-refractivity contribution is -0.117. The Hall–Kier alpha value is -2.73. The first kappa shape index (κ1) is 20.6. The van der Waals surface area contributed by atoms with Crippen molar-refractivity contribution < 1.29 is 19.4 Å². The predicted octanol–water partition coefficient (Wildman–Crippen LogP) is 3.63. The number of hydrogen-bond acceptors (Lipinski definition) is 5. The van der Waals surface area contributed by atoms with E-state index in [1.165, 1.54) is 6.08 Å². The molecule has 2 rings (SSSR count). The minimum Gasteiger partial charge on any atom is -0.504 e. The summed E-state index contributed by atoms with van der Waals surface area (Å²) in [6, 6.07) is 12.5. The molecule has 7 heteroatoms. The Morgan fingerprint density at radius 1 is 1.33 bits per heavy atom. The van der Waals surface area contributed by atoms with E-state index in [1.807, 2.05) is 47.7 Å². The van der Waals surface area contributed by atoms with Crippen molar-refractivity contribution in [1.82, 2.24) is 5.32 Å². The van der Waals surface area contributed by atoms with Crippen LogP contribution in [0.1, 0.15) is 18.1 Å². The van der Waals surface area contributed by atoms with Gasteiger partial charge in [0.2, 0.25) is 0 Å². The normalized spacial score (nSPS) is 10.8. The number of hydrogen-bond donors (Lipinski definition) is 2. The Morgan fingerprint density at radius 3 is 2.63 bits per heavy atom. The molecule has 140 valence electrons. The van der Waals surface area contributed by atoms with Gasteiger partial charge in [-0.25, -0.2) is 0 Å². The summed E-state index contributed by atoms with van der Waals surface area (Å²) >= 11 is 1.97. The van der Waals surface area contributed by atoms with Crippen LogP contribution in [0.5, 0.6) is 17.2 Å². The number of nitriles is 1. The topological polar surface area (TPSA) is 91.6 Å². The summed E-state index contributed by atoms with van der Waals surface area (Å²) in [7, 11) is 1.59.